The van der Waals surface area contributed by atoms with Crippen LogP contribution in [0.2, 0.25) is 0 Å². The first kappa shape index (κ1) is 37.3. The number of aliphatic hydroxyl groups is 1. The molecule has 0 aliphatic carbocycles. The summed E-state index contributed by atoms with van der Waals surface area (Å²) in [7, 11) is 0. The normalized spacial score (nSPS) is 15.6. The maximum Gasteiger partial charge on any atom is 0.573 e. The zero-order valence-electron chi connectivity index (χ0n) is 27.4. The van der Waals surface area contributed by atoms with Crippen molar-refractivity contribution in [3.8, 4) is 39.8 Å². The van der Waals surface area contributed by atoms with Crippen LogP contribution in [0.5, 0.6) is 17.2 Å². The Bertz CT molecular complexity index is 2090. The van der Waals surface area contributed by atoms with Gasteiger partial charge in [0.1, 0.15) is 11.5 Å². The van der Waals surface area contributed by atoms with Crippen LogP contribution < -0.4 is 20.0 Å². The van der Waals surface area contributed by atoms with Crippen LogP contribution in [0.4, 0.5) is 26.3 Å². The van der Waals surface area contributed by atoms with Crippen LogP contribution >= 0.6 is 0 Å². The number of carbonyl (C=O) groups excluding carboxylic acids is 1. The summed E-state index contributed by atoms with van der Waals surface area (Å²) < 4.78 is 102. The van der Waals surface area contributed by atoms with E-state index in [0.717, 1.165) is 13.2 Å². The highest BCUT2D eigenvalue weighted by atomic mass is 19.4. The summed E-state index contributed by atoms with van der Waals surface area (Å²) in [5, 5.41) is 8.31. The van der Waals surface area contributed by atoms with Crippen LogP contribution in [-0.2, 0) is 27.2 Å². The number of ether oxygens (including phenoxy) is 5. The summed E-state index contributed by atoms with van der Waals surface area (Å²) >= 11 is 0. The second kappa shape index (κ2) is 15.6. The lowest BCUT2D eigenvalue weighted by Gasteiger charge is -2.25. The van der Waals surface area contributed by atoms with Gasteiger partial charge in [0.05, 0.1) is 56.5 Å². The van der Waals surface area contributed by atoms with Crippen LogP contribution in [0, 0.1) is 11.8 Å². The number of halogens is 6. The number of fused-ring (bicyclic) bond motifs is 2. The Hall–Kier alpha value is -5.46. The standard InChI is InChI=1S/C17H13F3N2O4.C14H8F3NO3.C4H8O2/c18-17(19,20)26-12-3-1-11(2-4-12)13-5-6-14-15(21-13)22(16(23)25-14)7-10-8-24-9-10;15-14(16,17)21-9-3-1-8(2-4-9)10-5-6-12-11(18-10)7-13(19)20-12;5-1-4-2-6-3-4/h1-6,10H,7-9H2;1-6H,7H2;4-5H,1-3H2. The minimum Gasteiger partial charge on any atom is -0.424 e. The molecule has 0 saturated carbocycles. The van der Waals surface area contributed by atoms with Gasteiger partial charge >= 0.3 is 24.5 Å². The third-order valence-corrected chi connectivity index (χ3v) is 7.86. The van der Waals surface area contributed by atoms with E-state index in [-0.39, 0.29) is 29.8 Å². The maximum absolute atomic E-state index is 12.2. The molecule has 0 atom stereocenters. The number of rotatable bonds is 7. The lowest BCUT2D eigenvalue weighted by atomic mass is 10.1. The van der Waals surface area contributed by atoms with Crippen molar-refractivity contribution in [3.05, 3.63) is 89.0 Å². The average molecular weight is 750 g/mol. The zero-order valence-corrected chi connectivity index (χ0v) is 27.4. The predicted molar refractivity (Wildman–Crippen MR) is 172 cm³/mol. The van der Waals surface area contributed by atoms with Gasteiger partial charge in [-0.25, -0.2) is 14.8 Å². The molecule has 3 aliphatic rings. The number of oxazole rings is 1. The highest BCUT2D eigenvalue weighted by molar-refractivity contribution is 5.80. The summed E-state index contributed by atoms with van der Waals surface area (Å²) in [4.78, 5) is 31.9. The molecule has 12 nitrogen and oxygen atoms in total. The molecule has 53 heavy (non-hydrogen) atoms. The monoisotopic (exact) mass is 749 g/mol. The summed E-state index contributed by atoms with van der Waals surface area (Å²) in [6.07, 6.45) is -9.36. The van der Waals surface area contributed by atoms with E-state index in [1.54, 1.807) is 24.3 Å². The lowest BCUT2D eigenvalue weighted by molar-refractivity contribution is -0.275. The number of esters is 1. The molecule has 0 bridgehead atoms. The van der Waals surface area contributed by atoms with E-state index in [2.05, 4.69) is 19.4 Å². The molecule has 5 aromatic rings. The number of benzene rings is 2. The fraction of sp³-hybridized carbons (Fsp3) is 0.314. The summed E-state index contributed by atoms with van der Waals surface area (Å²) in [6, 6.07) is 17.2. The molecular formula is C35H29F6N3O9. The Morgan fingerprint density at radius 2 is 1.25 bits per heavy atom. The first-order valence-electron chi connectivity index (χ1n) is 15.9. The van der Waals surface area contributed by atoms with Crippen molar-refractivity contribution in [2.75, 3.05) is 33.0 Å². The molecule has 2 aromatic carbocycles. The predicted octanol–water partition coefficient (Wildman–Crippen LogP) is 5.94. The van der Waals surface area contributed by atoms with E-state index in [1.807, 2.05) is 0 Å². The number of hydrogen-bond donors (Lipinski definition) is 1. The Kier molecular flexibility index (Phi) is 11.0. The van der Waals surface area contributed by atoms with Crippen molar-refractivity contribution in [1.29, 1.82) is 0 Å². The third-order valence-electron chi connectivity index (χ3n) is 7.86. The molecule has 2 saturated heterocycles. The van der Waals surface area contributed by atoms with Crippen molar-refractivity contribution in [3.63, 3.8) is 0 Å². The van der Waals surface area contributed by atoms with Crippen molar-refractivity contribution >= 4 is 17.2 Å². The quantitative estimate of drug-likeness (QED) is 0.156. The number of pyridine rings is 2. The number of nitrogens with zero attached hydrogens (tertiary/aromatic N) is 3. The smallest absolute Gasteiger partial charge is 0.424 e. The molecule has 0 spiro atoms. The lowest BCUT2D eigenvalue weighted by Crippen LogP contribution is -2.34. The number of carbonyl (C=O) groups is 1. The summed E-state index contributed by atoms with van der Waals surface area (Å²) in [6.45, 7) is 3.42. The van der Waals surface area contributed by atoms with Gasteiger partial charge in [0, 0.05) is 29.5 Å². The number of aromatic nitrogens is 3. The van der Waals surface area contributed by atoms with Gasteiger partial charge in [-0.3, -0.25) is 9.36 Å². The van der Waals surface area contributed by atoms with E-state index in [9.17, 15) is 35.9 Å². The molecule has 280 valence electrons. The fourth-order valence-corrected chi connectivity index (χ4v) is 5.12. The molecule has 6 heterocycles. The van der Waals surface area contributed by atoms with Gasteiger partial charge in [0.2, 0.25) is 0 Å². The van der Waals surface area contributed by atoms with Crippen molar-refractivity contribution < 1.29 is 64.3 Å². The summed E-state index contributed by atoms with van der Waals surface area (Å²) in [5.74, 6) is -0.379. The average Bonchev–Trinajstić information content (AvgIpc) is 3.58. The summed E-state index contributed by atoms with van der Waals surface area (Å²) in [5.41, 5.74) is 3.54. The van der Waals surface area contributed by atoms with Crippen molar-refractivity contribution in [1.82, 2.24) is 14.5 Å². The van der Waals surface area contributed by atoms with Gasteiger partial charge in [-0.2, -0.15) is 0 Å². The first-order chi connectivity index (χ1) is 25.2. The van der Waals surface area contributed by atoms with Crippen LogP contribution in [0.25, 0.3) is 33.7 Å². The Labute approximate surface area is 295 Å². The molecule has 0 unspecified atom stereocenters. The largest absolute Gasteiger partial charge is 0.573 e. The Balaban J connectivity index is 0.000000159. The topological polar surface area (TPSA) is 144 Å². The van der Waals surface area contributed by atoms with Crippen LogP contribution in [0.15, 0.2) is 82.0 Å². The highest BCUT2D eigenvalue weighted by Crippen LogP contribution is 2.30. The molecular weight excluding hydrogens is 720 g/mol. The van der Waals surface area contributed by atoms with Crippen molar-refractivity contribution in [2.45, 2.75) is 25.7 Å². The number of hydrogen-bond acceptors (Lipinski definition) is 11. The molecule has 3 aliphatic heterocycles. The molecule has 0 radical (unpaired) electrons. The van der Waals surface area contributed by atoms with Crippen LogP contribution in [0.3, 0.4) is 0 Å². The van der Waals surface area contributed by atoms with Gasteiger partial charge in [-0.15, -0.1) is 26.3 Å². The second-order valence-corrected chi connectivity index (χ2v) is 11.9. The maximum atomic E-state index is 12.2. The first-order valence-corrected chi connectivity index (χ1v) is 15.9. The Morgan fingerprint density at radius 1 is 0.717 bits per heavy atom. The van der Waals surface area contributed by atoms with Crippen LogP contribution in [-0.4, -0.2) is 71.4 Å². The Morgan fingerprint density at radius 3 is 1.72 bits per heavy atom. The van der Waals surface area contributed by atoms with E-state index < -0.39 is 18.5 Å². The minimum absolute atomic E-state index is 0.0957. The molecule has 3 aromatic heterocycles. The van der Waals surface area contributed by atoms with Gasteiger partial charge in [-0.1, -0.05) is 0 Å². The number of aliphatic hydroxyl groups excluding tert-OH is 1. The van der Waals surface area contributed by atoms with E-state index in [0.29, 0.717) is 77.5 Å². The molecule has 2 fully saturated rings. The van der Waals surface area contributed by atoms with Gasteiger partial charge < -0.3 is 33.2 Å². The van der Waals surface area contributed by atoms with E-state index in [1.165, 1.54) is 53.1 Å². The molecule has 18 heteroatoms. The highest BCUT2D eigenvalue weighted by Gasteiger charge is 2.32. The van der Waals surface area contributed by atoms with Crippen molar-refractivity contribution in [2.24, 2.45) is 11.8 Å². The molecule has 0 amide bonds. The SMILES string of the molecule is O=C1Cc2nc(-c3ccc(OC(F)(F)F)cc3)ccc2O1.O=c1oc2ccc(-c3ccc(OC(F)(F)F)cc3)nc2n1CC1COC1.OCC1COC1. The van der Waals surface area contributed by atoms with Gasteiger partial charge in [0.15, 0.2) is 17.0 Å². The second-order valence-electron chi connectivity index (χ2n) is 11.9. The zero-order chi connectivity index (χ0) is 37.8. The molecule has 8 rings (SSSR count). The van der Waals surface area contributed by atoms with E-state index >= 15 is 0 Å². The minimum atomic E-state index is -4.74. The fourth-order valence-electron chi connectivity index (χ4n) is 5.12. The molecule has 1 N–H and O–H groups in total. The third kappa shape index (κ3) is 9.91. The number of alkyl halides is 6. The van der Waals surface area contributed by atoms with E-state index in [4.69, 9.17) is 23.7 Å². The van der Waals surface area contributed by atoms with Gasteiger partial charge in [-0.05, 0) is 72.8 Å². The van der Waals surface area contributed by atoms with Gasteiger partial charge in [0.25, 0.3) is 0 Å². The van der Waals surface area contributed by atoms with Crippen LogP contribution in [0.1, 0.15) is 5.69 Å².